The summed E-state index contributed by atoms with van der Waals surface area (Å²) in [4.78, 5) is 30.5. The lowest BCUT2D eigenvalue weighted by Gasteiger charge is -2.10. The van der Waals surface area contributed by atoms with Crippen LogP contribution < -0.4 is 15.8 Å². The highest BCUT2D eigenvalue weighted by Crippen LogP contribution is 2.24. The molecule has 0 atom stereocenters. The highest BCUT2D eigenvalue weighted by Gasteiger charge is 2.11. The normalized spacial score (nSPS) is 10.8. The summed E-state index contributed by atoms with van der Waals surface area (Å²) in [5, 5.41) is 6.46. The summed E-state index contributed by atoms with van der Waals surface area (Å²) in [6.07, 6.45) is 1.52. The van der Waals surface area contributed by atoms with Crippen molar-refractivity contribution < 1.29 is 14.1 Å². The number of H-pyrrole nitrogens is 1. The van der Waals surface area contributed by atoms with Crippen LogP contribution in [0.15, 0.2) is 76.2 Å². The Hall–Kier alpha value is -4.20. The molecule has 0 aliphatic carbocycles. The van der Waals surface area contributed by atoms with E-state index >= 15 is 0 Å². The van der Waals surface area contributed by atoms with Crippen LogP contribution in [0.2, 0.25) is 0 Å². The molecule has 0 aliphatic rings. The maximum absolute atomic E-state index is 12.7. The van der Waals surface area contributed by atoms with E-state index in [1.807, 2.05) is 24.3 Å². The number of amides is 1. The lowest BCUT2D eigenvalue weighted by atomic mass is 10.0. The lowest BCUT2D eigenvalue weighted by molar-refractivity contribution is 0.102. The Bertz CT molecular complexity index is 1260. The van der Waals surface area contributed by atoms with Gasteiger partial charge in [-0.1, -0.05) is 43.3 Å². The molecule has 31 heavy (non-hydrogen) atoms. The average Bonchev–Trinajstić information content (AvgIpc) is 3.21. The first-order chi connectivity index (χ1) is 15.0. The van der Waals surface area contributed by atoms with Gasteiger partial charge < -0.3 is 10.1 Å². The zero-order chi connectivity index (χ0) is 21.8. The van der Waals surface area contributed by atoms with Gasteiger partial charge in [-0.3, -0.25) is 14.3 Å². The van der Waals surface area contributed by atoms with E-state index < -0.39 is 5.76 Å². The number of hydrogen-bond acceptors (Lipinski definition) is 6. The second-order valence-electron chi connectivity index (χ2n) is 7.19. The molecule has 0 saturated carbocycles. The summed E-state index contributed by atoms with van der Waals surface area (Å²) >= 11 is 0. The Morgan fingerprint density at radius 3 is 2.61 bits per heavy atom. The molecule has 2 N–H and O–H groups in total. The number of hydrogen-bond donors (Lipinski definition) is 2. The van der Waals surface area contributed by atoms with Crippen LogP contribution in [0.1, 0.15) is 35.7 Å². The van der Waals surface area contributed by atoms with Gasteiger partial charge in [0, 0.05) is 29.1 Å². The van der Waals surface area contributed by atoms with Crippen molar-refractivity contribution >= 4 is 11.6 Å². The van der Waals surface area contributed by atoms with Crippen LogP contribution in [-0.2, 0) is 0 Å². The van der Waals surface area contributed by atoms with Gasteiger partial charge in [-0.05, 0) is 41.8 Å². The molecule has 0 saturated heterocycles. The summed E-state index contributed by atoms with van der Waals surface area (Å²) < 4.78 is 10.3. The van der Waals surface area contributed by atoms with E-state index in [4.69, 9.17) is 4.74 Å². The van der Waals surface area contributed by atoms with Crippen LogP contribution in [-0.4, -0.2) is 21.0 Å². The van der Waals surface area contributed by atoms with Crippen molar-refractivity contribution in [1.29, 1.82) is 0 Å². The second kappa shape index (κ2) is 8.66. The number of anilines is 1. The van der Waals surface area contributed by atoms with E-state index in [9.17, 15) is 9.59 Å². The van der Waals surface area contributed by atoms with Crippen molar-refractivity contribution in [3.05, 3.63) is 88.5 Å². The van der Waals surface area contributed by atoms with Crippen LogP contribution in [0.3, 0.4) is 0 Å². The van der Waals surface area contributed by atoms with Gasteiger partial charge in [0.15, 0.2) is 5.82 Å². The smallest absolute Gasteiger partial charge is 0.439 e. The largest absolute Gasteiger partial charge is 0.439 e. The first kappa shape index (κ1) is 20.1. The number of pyridine rings is 1. The average molecular weight is 416 g/mol. The third kappa shape index (κ3) is 4.87. The molecule has 0 bridgehead atoms. The highest BCUT2D eigenvalue weighted by molar-refractivity contribution is 6.04. The number of nitrogens with zero attached hydrogens (tertiary/aromatic N) is 2. The molecule has 0 radical (unpaired) electrons. The number of ether oxygens (including phenoxy) is 1. The van der Waals surface area contributed by atoms with E-state index in [1.165, 1.54) is 11.8 Å². The van der Waals surface area contributed by atoms with Crippen molar-refractivity contribution in [1.82, 2.24) is 15.1 Å². The Kier molecular flexibility index (Phi) is 5.61. The number of nitrogens with one attached hydrogen (secondary N) is 2. The van der Waals surface area contributed by atoms with Gasteiger partial charge in [-0.15, -0.1) is 0 Å². The van der Waals surface area contributed by atoms with E-state index in [0.29, 0.717) is 34.4 Å². The Labute approximate surface area is 177 Å². The zero-order valence-electron chi connectivity index (χ0n) is 17.0. The Morgan fingerprint density at radius 1 is 1.10 bits per heavy atom. The van der Waals surface area contributed by atoms with E-state index in [-0.39, 0.29) is 11.7 Å². The minimum atomic E-state index is -0.646. The van der Waals surface area contributed by atoms with Gasteiger partial charge in [-0.2, -0.15) is 0 Å². The highest BCUT2D eigenvalue weighted by atomic mass is 16.5. The number of rotatable bonds is 6. The molecule has 156 valence electrons. The van der Waals surface area contributed by atoms with Crippen LogP contribution in [0.4, 0.5) is 5.69 Å². The van der Waals surface area contributed by atoms with Gasteiger partial charge in [-0.25, -0.2) is 9.78 Å². The fourth-order valence-corrected chi connectivity index (χ4v) is 2.95. The number of carbonyl (C=O) groups is 1. The molecule has 1 amide bonds. The molecular weight excluding hydrogens is 396 g/mol. The zero-order valence-corrected chi connectivity index (χ0v) is 17.0. The van der Waals surface area contributed by atoms with Gasteiger partial charge in [0.05, 0.1) is 0 Å². The topological polar surface area (TPSA) is 110 Å². The van der Waals surface area contributed by atoms with Crippen LogP contribution in [0.5, 0.6) is 11.6 Å². The molecule has 4 rings (SSSR count). The monoisotopic (exact) mass is 416 g/mol. The van der Waals surface area contributed by atoms with Gasteiger partial charge in [0.2, 0.25) is 5.88 Å². The summed E-state index contributed by atoms with van der Waals surface area (Å²) in [6.45, 7) is 4.25. The van der Waals surface area contributed by atoms with Gasteiger partial charge in [0.1, 0.15) is 5.75 Å². The van der Waals surface area contributed by atoms with Crippen LogP contribution >= 0.6 is 0 Å². The minimum Gasteiger partial charge on any atom is -0.439 e. The number of aromatic nitrogens is 3. The molecule has 4 aromatic rings. The summed E-state index contributed by atoms with van der Waals surface area (Å²) in [5.41, 5.74) is 2.75. The molecule has 8 nitrogen and oxygen atoms in total. The fourth-order valence-electron chi connectivity index (χ4n) is 2.95. The van der Waals surface area contributed by atoms with Gasteiger partial charge >= 0.3 is 5.76 Å². The minimum absolute atomic E-state index is 0.282. The maximum atomic E-state index is 12.7. The SMILES string of the molecule is CC(C)c1ccc(Oc2cc(C(=O)Nc3cccc(-c4noc(=O)[nH]4)c3)ccn2)cc1. The molecule has 2 aromatic carbocycles. The summed E-state index contributed by atoms with van der Waals surface area (Å²) in [5.74, 6) is 0.704. The lowest BCUT2D eigenvalue weighted by Crippen LogP contribution is -2.12. The third-order valence-corrected chi connectivity index (χ3v) is 4.60. The maximum Gasteiger partial charge on any atom is 0.439 e. The summed E-state index contributed by atoms with van der Waals surface area (Å²) in [7, 11) is 0. The van der Waals surface area contributed by atoms with Crippen molar-refractivity contribution in [3.8, 4) is 23.0 Å². The standard InChI is InChI=1S/C23H20N4O4/c1-14(2)15-6-8-19(9-7-15)30-20-13-17(10-11-24-20)22(28)25-18-5-3-4-16(12-18)21-26-23(29)31-27-21/h3-14H,1-2H3,(H,25,28)(H,26,27,29). The van der Waals surface area contributed by atoms with Crippen LogP contribution in [0, 0.1) is 0 Å². The Balaban J connectivity index is 1.47. The fraction of sp³-hybridized carbons (Fsp3) is 0.130. The van der Waals surface area contributed by atoms with Crippen molar-refractivity contribution in [2.45, 2.75) is 19.8 Å². The second-order valence-corrected chi connectivity index (χ2v) is 7.19. The first-order valence-electron chi connectivity index (χ1n) is 9.69. The van der Waals surface area contributed by atoms with E-state index in [2.05, 4.69) is 38.8 Å². The molecule has 2 heterocycles. The number of aromatic amines is 1. The van der Waals surface area contributed by atoms with Gasteiger partial charge in [0.25, 0.3) is 5.91 Å². The molecule has 0 unspecified atom stereocenters. The Morgan fingerprint density at radius 2 is 1.90 bits per heavy atom. The molecule has 8 heteroatoms. The third-order valence-electron chi connectivity index (χ3n) is 4.60. The van der Waals surface area contributed by atoms with Crippen LogP contribution in [0.25, 0.3) is 11.4 Å². The number of carbonyl (C=O) groups excluding carboxylic acids is 1. The number of benzene rings is 2. The predicted octanol–water partition coefficient (Wildman–Crippen LogP) is 4.59. The van der Waals surface area contributed by atoms with Crippen molar-refractivity contribution in [3.63, 3.8) is 0 Å². The molecule has 2 aromatic heterocycles. The summed E-state index contributed by atoms with van der Waals surface area (Å²) in [6, 6.07) is 17.8. The first-order valence-corrected chi connectivity index (χ1v) is 9.69. The quantitative estimate of drug-likeness (QED) is 0.476. The molecule has 0 fully saturated rings. The predicted molar refractivity (Wildman–Crippen MR) is 115 cm³/mol. The molecule has 0 spiro atoms. The molecular formula is C23H20N4O4. The van der Waals surface area contributed by atoms with Crippen molar-refractivity contribution in [2.75, 3.05) is 5.32 Å². The van der Waals surface area contributed by atoms with E-state index in [1.54, 1.807) is 36.4 Å². The molecule has 0 aliphatic heterocycles. The van der Waals surface area contributed by atoms with Crippen molar-refractivity contribution in [2.24, 2.45) is 0 Å². The van der Waals surface area contributed by atoms with E-state index in [0.717, 1.165) is 0 Å².